The van der Waals surface area contributed by atoms with Crippen molar-refractivity contribution >= 4 is 0 Å². The Morgan fingerprint density at radius 2 is 2.21 bits per heavy atom. The van der Waals surface area contributed by atoms with Gasteiger partial charge >= 0.3 is 0 Å². The van der Waals surface area contributed by atoms with Gasteiger partial charge in [0.25, 0.3) is 0 Å². The molecule has 0 spiro atoms. The highest BCUT2D eigenvalue weighted by Crippen LogP contribution is 2.30. The summed E-state index contributed by atoms with van der Waals surface area (Å²) in [5.74, 6) is 0.581. The smallest absolute Gasteiger partial charge is 0.0720 e. The summed E-state index contributed by atoms with van der Waals surface area (Å²) >= 11 is 0. The molecule has 1 N–H and O–H groups in total. The fraction of sp³-hybridized carbons (Fsp3) is 0.500. The third-order valence-electron chi connectivity index (χ3n) is 3.23. The third kappa shape index (κ3) is 1.26. The van der Waals surface area contributed by atoms with Gasteiger partial charge in [-0.3, -0.25) is 0 Å². The first-order valence-corrected chi connectivity index (χ1v) is 5.34. The van der Waals surface area contributed by atoms with Crippen LogP contribution < -0.4 is 5.32 Å². The predicted octanol–water partition coefficient (Wildman–Crippen LogP) is 1.45. The van der Waals surface area contributed by atoms with Crippen LogP contribution in [0.25, 0.3) is 0 Å². The van der Waals surface area contributed by atoms with Gasteiger partial charge < -0.3 is 10.1 Å². The monoisotopic (exact) mass is 189 g/mol. The number of hydrogen-bond donors (Lipinski definition) is 1. The lowest BCUT2D eigenvalue weighted by atomic mass is 9.88. The first kappa shape index (κ1) is 8.45. The van der Waals surface area contributed by atoms with E-state index in [0.717, 1.165) is 26.3 Å². The maximum absolute atomic E-state index is 5.60. The number of hydrogen-bond acceptors (Lipinski definition) is 2. The SMILES string of the molecule is c1cc2c3c(c1)COCC3CNCC2. The first-order valence-electron chi connectivity index (χ1n) is 5.34. The van der Waals surface area contributed by atoms with Gasteiger partial charge in [0.2, 0.25) is 0 Å². The van der Waals surface area contributed by atoms with E-state index < -0.39 is 0 Å². The summed E-state index contributed by atoms with van der Waals surface area (Å²) in [6.45, 7) is 3.87. The Labute approximate surface area is 84.3 Å². The lowest BCUT2D eigenvalue weighted by Crippen LogP contribution is -2.26. The second-order valence-electron chi connectivity index (χ2n) is 4.16. The van der Waals surface area contributed by atoms with Crippen LogP contribution in [-0.2, 0) is 17.8 Å². The highest BCUT2D eigenvalue weighted by molar-refractivity contribution is 5.40. The zero-order valence-electron chi connectivity index (χ0n) is 8.25. The van der Waals surface area contributed by atoms with Crippen LogP contribution in [0.3, 0.4) is 0 Å². The van der Waals surface area contributed by atoms with Crippen LogP contribution in [0.15, 0.2) is 18.2 Å². The van der Waals surface area contributed by atoms with Crippen molar-refractivity contribution in [3.63, 3.8) is 0 Å². The minimum atomic E-state index is 0.581. The molecule has 0 bridgehead atoms. The quantitative estimate of drug-likeness (QED) is 0.667. The summed E-state index contributed by atoms with van der Waals surface area (Å²) < 4.78 is 5.60. The molecule has 1 atom stereocenters. The molecule has 2 aliphatic rings. The van der Waals surface area contributed by atoms with Crippen molar-refractivity contribution in [3.05, 3.63) is 34.9 Å². The van der Waals surface area contributed by atoms with Gasteiger partial charge in [-0.1, -0.05) is 18.2 Å². The number of ether oxygens (including phenoxy) is 1. The molecule has 2 aliphatic heterocycles. The van der Waals surface area contributed by atoms with Crippen LogP contribution in [-0.4, -0.2) is 19.7 Å². The predicted molar refractivity (Wildman–Crippen MR) is 55.4 cm³/mol. The maximum atomic E-state index is 5.60. The average molecular weight is 189 g/mol. The molecule has 0 fully saturated rings. The van der Waals surface area contributed by atoms with E-state index in [9.17, 15) is 0 Å². The van der Waals surface area contributed by atoms with E-state index in [1.807, 2.05) is 0 Å². The van der Waals surface area contributed by atoms with E-state index in [0.29, 0.717) is 5.92 Å². The molecule has 3 rings (SSSR count). The minimum absolute atomic E-state index is 0.581. The van der Waals surface area contributed by atoms with Gasteiger partial charge in [-0.25, -0.2) is 0 Å². The molecule has 1 aromatic rings. The summed E-state index contributed by atoms with van der Waals surface area (Å²) in [6.07, 6.45) is 1.17. The molecule has 1 unspecified atom stereocenters. The van der Waals surface area contributed by atoms with Gasteiger partial charge in [-0.15, -0.1) is 0 Å². The van der Waals surface area contributed by atoms with Crippen LogP contribution >= 0.6 is 0 Å². The molecule has 0 aliphatic carbocycles. The highest BCUT2D eigenvalue weighted by Gasteiger charge is 2.24. The van der Waals surface area contributed by atoms with Crippen molar-refractivity contribution in [2.75, 3.05) is 19.7 Å². The Morgan fingerprint density at radius 3 is 3.21 bits per heavy atom. The van der Waals surface area contributed by atoms with Crippen LogP contribution in [0.5, 0.6) is 0 Å². The standard InChI is InChI=1S/C12H15NO/c1-2-9-4-5-13-6-11-8-14-7-10(3-1)12(9)11/h1-3,11,13H,4-8H2. The van der Waals surface area contributed by atoms with Gasteiger partial charge in [0, 0.05) is 12.5 Å². The molecule has 2 nitrogen and oxygen atoms in total. The molecule has 0 saturated heterocycles. The van der Waals surface area contributed by atoms with E-state index in [1.54, 1.807) is 5.56 Å². The van der Waals surface area contributed by atoms with Crippen LogP contribution in [0.4, 0.5) is 0 Å². The van der Waals surface area contributed by atoms with Crippen LogP contribution in [0.2, 0.25) is 0 Å². The molecule has 0 saturated carbocycles. The second kappa shape index (κ2) is 3.37. The Hall–Kier alpha value is -0.860. The van der Waals surface area contributed by atoms with Gasteiger partial charge in [-0.05, 0) is 29.7 Å². The van der Waals surface area contributed by atoms with E-state index in [4.69, 9.17) is 4.74 Å². The van der Waals surface area contributed by atoms with Crippen molar-refractivity contribution in [1.82, 2.24) is 5.32 Å². The Morgan fingerprint density at radius 1 is 1.29 bits per heavy atom. The topological polar surface area (TPSA) is 21.3 Å². The lowest BCUT2D eigenvalue weighted by molar-refractivity contribution is 0.0913. The minimum Gasteiger partial charge on any atom is -0.376 e. The van der Waals surface area contributed by atoms with Crippen LogP contribution in [0.1, 0.15) is 22.6 Å². The summed E-state index contributed by atoms with van der Waals surface area (Å²) in [5, 5.41) is 3.48. The van der Waals surface area contributed by atoms with Crippen LogP contribution in [0, 0.1) is 0 Å². The second-order valence-corrected chi connectivity index (χ2v) is 4.16. The lowest BCUT2D eigenvalue weighted by Gasteiger charge is -2.26. The molecular weight excluding hydrogens is 174 g/mol. The number of rotatable bonds is 0. The Bertz CT molecular complexity index is 348. The van der Waals surface area contributed by atoms with Gasteiger partial charge in [-0.2, -0.15) is 0 Å². The first-order chi connectivity index (χ1) is 6.95. The van der Waals surface area contributed by atoms with E-state index >= 15 is 0 Å². The Balaban J connectivity index is 2.14. The molecule has 1 aromatic carbocycles. The van der Waals surface area contributed by atoms with Crippen molar-refractivity contribution in [3.8, 4) is 0 Å². The molecule has 2 heterocycles. The number of benzene rings is 1. The molecule has 0 amide bonds. The highest BCUT2D eigenvalue weighted by atomic mass is 16.5. The van der Waals surface area contributed by atoms with E-state index in [2.05, 4.69) is 23.5 Å². The number of nitrogens with one attached hydrogen (secondary N) is 1. The zero-order valence-corrected chi connectivity index (χ0v) is 8.25. The van der Waals surface area contributed by atoms with E-state index in [-0.39, 0.29) is 0 Å². The fourth-order valence-corrected chi connectivity index (χ4v) is 2.59. The normalized spacial score (nSPS) is 25.3. The Kier molecular flexibility index (Phi) is 2.03. The van der Waals surface area contributed by atoms with Crippen molar-refractivity contribution in [2.24, 2.45) is 0 Å². The average Bonchev–Trinajstić information content (AvgIpc) is 2.44. The summed E-state index contributed by atoms with van der Waals surface area (Å²) in [5.41, 5.74) is 4.51. The third-order valence-corrected chi connectivity index (χ3v) is 3.23. The van der Waals surface area contributed by atoms with Crippen molar-refractivity contribution < 1.29 is 4.74 Å². The summed E-state index contributed by atoms with van der Waals surface area (Å²) in [4.78, 5) is 0. The molecule has 0 radical (unpaired) electrons. The molecule has 2 heteroatoms. The zero-order chi connectivity index (χ0) is 9.38. The van der Waals surface area contributed by atoms with Crippen molar-refractivity contribution in [1.29, 1.82) is 0 Å². The molecule has 0 aromatic heterocycles. The van der Waals surface area contributed by atoms with Gasteiger partial charge in [0.15, 0.2) is 0 Å². The summed E-state index contributed by atoms with van der Waals surface area (Å²) in [6, 6.07) is 6.63. The fourth-order valence-electron chi connectivity index (χ4n) is 2.59. The van der Waals surface area contributed by atoms with Gasteiger partial charge in [0.05, 0.1) is 13.2 Å². The molecule has 74 valence electrons. The molecular formula is C12H15NO. The van der Waals surface area contributed by atoms with Gasteiger partial charge in [0.1, 0.15) is 0 Å². The maximum Gasteiger partial charge on any atom is 0.0720 e. The van der Waals surface area contributed by atoms with E-state index in [1.165, 1.54) is 17.5 Å². The summed E-state index contributed by atoms with van der Waals surface area (Å²) in [7, 11) is 0. The van der Waals surface area contributed by atoms with Crippen molar-refractivity contribution in [2.45, 2.75) is 18.9 Å². The molecule has 14 heavy (non-hydrogen) atoms. The largest absolute Gasteiger partial charge is 0.376 e.